The maximum absolute atomic E-state index is 15.2. The van der Waals surface area contributed by atoms with Crippen LogP contribution < -0.4 is 0 Å². The number of hydrogen-bond acceptors (Lipinski definition) is 4. The second-order valence-corrected chi connectivity index (χ2v) is 10.1. The van der Waals surface area contributed by atoms with Crippen molar-refractivity contribution >= 4 is 22.7 Å². The van der Waals surface area contributed by atoms with Gasteiger partial charge in [-0.25, -0.2) is 8.78 Å². The van der Waals surface area contributed by atoms with Crippen LogP contribution in [0.25, 0.3) is 0 Å². The average Bonchev–Trinajstić information content (AvgIpc) is 2.85. The van der Waals surface area contributed by atoms with Crippen molar-refractivity contribution in [1.29, 1.82) is 0 Å². The summed E-state index contributed by atoms with van der Waals surface area (Å²) >= 11 is 0.525. The molecule has 4 aliphatic carbocycles. The molecule has 0 aromatic heterocycles. The first-order valence-corrected chi connectivity index (χ1v) is 10.8. The van der Waals surface area contributed by atoms with Crippen LogP contribution in [0.3, 0.4) is 0 Å². The van der Waals surface area contributed by atoms with Gasteiger partial charge in [0.05, 0.1) is 0 Å². The lowest BCUT2D eigenvalue weighted by molar-refractivity contribution is -0.148. The highest BCUT2D eigenvalue weighted by molar-refractivity contribution is 8.13. The summed E-state index contributed by atoms with van der Waals surface area (Å²) < 4.78 is 28.1. The minimum absolute atomic E-state index is 0.0701. The summed E-state index contributed by atoms with van der Waals surface area (Å²) in [7, 11) is 0. The molecule has 1 N–H and O–H groups in total. The van der Waals surface area contributed by atoms with Crippen LogP contribution in [-0.2, 0) is 9.59 Å². The monoisotopic (exact) mass is 408 g/mol. The van der Waals surface area contributed by atoms with E-state index in [0.29, 0.717) is 30.2 Å². The summed E-state index contributed by atoms with van der Waals surface area (Å²) in [5.74, 6) is -0.701. The average molecular weight is 409 g/mol. The van der Waals surface area contributed by atoms with Crippen LogP contribution in [0.1, 0.15) is 40.0 Å². The Morgan fingerprint density at radius 3 is 2.71 bits per heavy atom. The van der Waals surface area contributed by atoms with E-state index < -0.39 is 33.7 Å². The summed E-state index contributed by atoms with van der Waals surface area (Å²) in [6, 6.07) is -0.864. The predicted molar refractivity (Wildman–Crippen MR) is 105 cm³/mol. The third kappa shape index (κ3) is 2.37. The molecule has 152 valence electrons. The molecule has 0 bridgehead atoms. The lowest BCUT2D eigenvalue weighted by atomic mass is 9.51. The van der Waals surface area contributed by atoms with Crippen molar-refractivity contribution in [3.05, 3.63) is 35.5 Å². The topological polar surface area (TPSA) is 54.4 Å². The van der Waals surface area contributed by atoms with Crippen LogP contribution in [0.4, 0.5) is 8.78 Å². The van der Waals surface area contributed by atoms with Gasteiger partial charge in [0.1, 0.15) is 17.8 Å². The lowest BCUT2D eigenvalue weighted by Crippen LogP contribution is -2.56. The minimum Gasteiger partial charge on any atom is -0.380 e. The Kier molecular flexibility index (Phi) is 4.55. The fraction of sp³-hybridized carbons (Fsp3) is 0.636. The third-order valence-electron chi connectivity index (χ3n) is 8.01. The normalized spacial score (nSPS) is 47.0. The highest BCUT2D eigenvalue weighted by atomic mass is 32.2. The first kappa shape index (κ1) is 20.0. The Balaban J connectivity index is 1.80. The number of halogens is 2. The Hall–Kier alpha value is -1.27. The van der Waals surface area contributed by atoms with Crippen molar-refractivity contribution in [3.63, 3.8) is 0 Å². The van der Waals surface area contributed by atoms with E-state index in [1.165, 1.54) is 12.2 Å². The van der Waals surface area contributed by atoms with Gasteiger partial charge in [-0.3, -0.25) is 9.59 Å². The molecule has 4 rings (SSSR count). The van der Waals surface area contributed by atoms with Gasteiger partial charge in [0.25, 0.3) is 0 Å². The number of allylic oxidation sites excluding steroid dienone is 6. The Morgan fingerprint density at radius 2 is 2.04 bits per heavy atom. The molecular formula is C22H26F2O3S. The summed E-state index contributed by atoms with van der Waals surface area (Å²) in [5, 5.41) is 10.9. The van der Waals surface area contributed by atoms with E-state index in [-0.39, 0.29) is 30.0 Å². The number of rotatable bonds is 2. The summed E-state index contributed by atoms with van der Waals surface area (Å²) in [6.45, 7) is 5.68. The molecular weight excluding hydrogens is 382 g/mol. The number of alkyl halides is 2. The molecule has 0 unspecified atom stereocenters. The number of fused-ring (bicyclic) bond motifs is 5. The Labute approximate surface area is 168 Å². The van der Waals surface area contributed by atoms with Crippen LogP contribution in [-0.4, -0.2) is 33.8 Å². The molecule has 0 spiro atoms. The fourth-order valence-electron chi connectivity index (χ4n) is 6.47. The van der Waals surface area contributed by atoms with Crippen LogP contribution >= 0.6 is 11.8 Å². The van der Waals surface area contributed by atoms with Gasteiger partial charge in [0, 0.05) is 10.8 Å². The molecule has 0 heterocycles. The van der Waals surface area contributed by atoms with Gasteiger partial charge in [-0.15, -0.1) is 0 Å². The van der Waals surface area contributed by atoms with E-state index in [1.54, 1.807) is 6.08 Å². The maximum atomic E-state index is 15.2. The molecule has 0 amide bonds. The summed E-state index contributed by atoms with van der Waals surface area (Å²) in [6.07, 6.45) is 6.85. The van der Waals surface area contributed by atoms with E-state index in [1.807, 2.05) is 26.8 Å². The first-order chi connectivity index (χ1) is 13.1. The highest BCUT2D eigenvalue weighted by Gasteiger charge is 2.67. The van der Waals surface area contributed by atoms with E-state index >= 15 is 4.39 Å². The molecule has 0 aliphatic heterocycles. The molecule has 0 aromatic rings. The molecule has 28 heavy (non-hydrogen) atoms. The predicted octanol–water partition coefficient (Wildman–Crippen LogP) is 4.33. The molecule has 6 heteroatoms. The van der Waals surface area contributed by atoms with Gasteiger partial charge in [-0.2, -0.15) is 0 Å². The number of carbonyl (C=O) groups excluding carboxylic acids is 2. The largest absolute Gasteiger partial charge is 0.380 e. The number of ketones is 1. The van der Waals surface area contributed by atoms with Crippen molar-refractivity contribution in [2.75, 3.05) is 6.01 Å². The second-order valence-electron chi connectivity index (χ2n) is 9.18. The number of carbonyl (C=O) groups is 2. The number of thioether (sulfide) groups is 1. The van der Waals surface area contributed by atoms with Gasteiger partial charge in [0.15, 0.2) is 5.78 Å². The Morgan fingerprint density at radius 1 is 1.32 bits per heavy atom. The molecule has 3 nitrogen and oxygen atoms in total. The first-order valence-electron chi connectivity index (χ1n) is 9.85. The molecule has 0 aromatic carbocycles. The maximum Gasteiger partial charge on any atom is 0.223 e. The van der Waals surface area contributed by atoms with Gasteiger partial charge in [-0.1, -0.05) is 43.3 Å². The molecule has 7 atom stereocenters. The van der Waals surface area contributed by atoms with E-state index in [0.717, 1.165) is 5.57 Å². The van der Waals surface area contributed by atoms with Gasteiger partial charge in [-0.05, 0) is 61.7 Å². The number of aliphatic hydroxyl groups is 1. The second kappa shape index (κ2) is 6.36. The molecule has 4 aliphatic rings. The quantitative estimate of drug-likeness (QED) is 0.691. The zero-order valence-corrected chi connectivity index (χ0v) is 17.2. The van der Waals surface area contributed by atoms with Crippen molar-refractivity contribution in [2.45, 2.75) is 51.8 Å². The zero-order valence-electron chi connectivity index (χ0n) is 16.4. The standard InChI is InChI=1S/C22H26F2O3S/c1-12-8-16-14-10-18(24)17-9-13(25)4-6-20(17,2)15(14)5-7-21(16,3)22(12,27)19(26)28-11-23/h4-6,9,12,14,16,18,27H,7-8,10-11H2,1-3H3/t12-,14-,16+,18+,20-,21+,22+/m1/s1. The smallest absolute Gasteiger partial charge is 0.223 e. The Bertz CT molecular complexity index is 834. The van der Waals surface area contributed by atoms with E-state index in [9.17, 15) is 19.1 Å². The van der Waals surface area contributed by atoms with Crippen LogP contribution in [0.5, 0.6) is 0 Å². The van der Waals surface area contributed by atoms with E-state index in [2.05, 4.69) is 0 Å². The zero-order chi connectivity index (χ0) is 20.5. The van der Waals surface area contributed by atoms with Crippen molar-refractivity contribution in [1.82, 2.24) is 0 Å². The molecule has 2 fully saturated rings. The van der Waals surface area contributed by atoms with Crippen LogP contribution in [0, 0.1) is 28.6 Å². The van der Waals surface area contributed by atoms with Crippen LogP contribution in [0.15, 0.2) is 35.5 Å². The van der Waals surface area contributed by atoms with Crippen LogP contribution in [0.2, 0.25) is 0 Å². The molecule has 2 saturated carbocycles. The van der Waals surface area contributed by atoms with Gasteiger partial charge < -0.3 is 5.11 Å². The highest BCUT2D eigenvalue weighted by Crippen LogP contribution is 2.67. The van der Waals surface area contributed by atoms with E-state index in [4.69, 9.17) is 0 Å². The van der Waals surface area contributed by atoms with Crippen molar-refractivity contribution in [2.24, 2.45) is 28.6 Å². The molecule has 0 saturated heterocycles. The van der Waals surface area contributed by atoms with Crippen molar-refractivity contribution < 1.29 is 23.5 Å². The SMILES string of the molecule is C[C@@H]1C[C@H]2[C@@H]3C[C@H](F)C4=CC(=O)C=C[C@]4(C)C3=CC[C@]2(C)[C@@]1(O)C(=O)SCF. The summed E-state index contributed by atoms with van der Waals surface area (Å²) in [5.41, 5.74) is -1.43. The van der Waals surface area contributed by atoms with Gasteiger partial charge in [0.2, 0.25) is 5.12 Å². The third-order valence-corrected chi connectivity index (χ3v) is 8.70. The number of hydrogen-bond donors (Lipinski definition) is 1. The fourth-order valence-corrected chi connectivity index (χ4v) is 7.22. The minimum atomic E-state index is -1.63. The van der Waals surface area contributed by atoms with Crippen molar-refractivity contribution in [3.8, 4) is 0 Å². The lowest BCUT2D eigenvalue weighted by Gasteiger charge is -2.54. The molecule has 0 radical (unpaired) electrons. The summed E-state index contributed by atoms with van der Waals surface area (Å²) in [4.78, 5) is 24.5. The van der Waals surface area contributed by atoms with Gasteiger partial charge >= 0.3 is 0 Å².